The lowest BCUT2D eigenvalue weighted by atomic mass is 10.1. The minimum atomic E-state index is -0.793. The standard InChI is InChI=1S/C13H10BrFN2O2/c1-2-19-13(18)12-10(15)11(16-7-17-12)8-4-3-5-9(14)6-8/h3-7H,2H2,1H3. The molecule has 0 fully saturated rings. The quantitative estimate of drug-likeness (QED) is 0.813. The number of hydrogen-bond acceptors (Lipinski definition) is 4. The van der Waals surface area contributed by atoms with Crippen LogP contribution in [0.15, 0.2) is 35.1 Å². The first kappa shape index (κ1) is 13.6. The van der Waals surface area contributed by atoms with Crippen molar-refractivity contribution in [3.8, 4) is 11.3 Å². The summed E-state index contributed by atoms with van der Waals surface area (Å²) < 4.78 is 19.8. The summed E-state index contributed by atoms with van der Waals surface area (Å²) in [5.41, 5.74) is 0.269. The molecule has 19 heavy (non-hydrogen) atoms. The van der Waals surface area contributed by atoms with Gasteiger partial charge in [-0.05, 0) is 19.1 Å². The van der Waals surface area contributed by atoms with Crippen LogP contribution in [0.4, 0.5) is 4.39 Å². The van der Waals surface area contributed by atoms with Crippen molar-refractivity contribution in [2.24, 2.45) is 0 Å². The molecular weight excluding hydrogens is 315 g/mol. The topological polar surface area (TPSA) is 52.1 Å². The minimum Gasteiger partial charge on any atom is -0.461 e. The number of hydrogen-bond donors (Lipinski definition) is 0. The Morgan fingerprint density at radius 3 is 2.89 bits per heavy atom. The molecule has 0 atom stereocenters. The summed E-state index contributed by atoms with van der Waals surface area (Å²) in [5.74, 6) is -1.57. The number of carbonyl (C=O) groups is 1. The van der Waals surface area contributed by atoms with Crippen molar-refractivity contribution in [1.82, 2.24) is 9.97 Å². The van der Waals surface area contributed by atoms with Gasteiger partial charge in [-0.3, -0.25) is 0 Å². The first-order chi connectivity index (χ1) is 9.13. The molecule has 0 aliphatic heterocycles. The van der Waals surface area contributed by atoms with Crippen molar-refractivity contribution in [2.75, 3.05) is 6.61 Å². The molecule has 2 aromatic rings. The number of ether oxygens (including phenoxy) is 1. The number of rotatable bonds is 3. The van der Waals surface area contributed by atoms with Gasteiger partial charge in [-0.25, -0.2) is 19.2 Å². The van der Waals surface area contributed by atoms with Crippen LogP contribution < -0.4 is 0 Å². The molecule has 0 saturated carbocycles. The van der Waals surface area contributed by atoms with E-state index in [1.165, 1.54) is 0 Å². The second kappa shape index (κ2) is 5.88. The van der Waals surface area contributed by atoms with Gasteiger partial charge in [0.25, 0.3) is 0 Å². The number of nitrogens with zero attached hydrogens (tertiary/aromatic N) is 2. The normalized spacial score (nSPS) is 10.3. The molecule has 98 valence electrons. The van der Waals surface area contributed by atoms with Crippen molar-refractivity contribution in [3.05, 3.63) is 46.6 Å². The SMILES string of the molecule is CCOC(=O)c1ncnc(-c2cccc(Br)c2)c1F. The van der Waals surface area contributed by atoms with Gasteiger partial charge in [0.15, 0.2) is 11.5 Å². The number of benzene rings is 1. The Morgan fingerprint density at radius 1 is 1.42 bits per heavy atom. The highest BCUT2D eigenvalue weighted by Gasteiger charge is 2.19. The van der Waals surface area contributed by atoms with E-state index in [-0.39, 0.29) is 18.0 Å². The van der Waals surface area contributed by atoms with Crippen molar-refractivity contribution >= 4 is 21.9 Å². The van der Waals surface area contributed by atoms with Crippen LogP contribution in [0.3, 0.4) is 0 Å². The highest BCUT2D eigenvalue weighted by atomic mass is 79.9. The Hall–Kier alpha value is -1.82. The monoisotopic (exact) mass is 324 g/mol. The van der Waals surface area contributed by atoms with E-state index in [0.717, 1.165) is 10.8 Å². The van der Waals surface area contributed by atoms with Crippen LogP contribution in [0.25, 0.3) is 11.3 Å². The molecular formula is C13H10BrFN2O2. The summed E-state index contributed by atoms with van der Waals surface area (Å²) >= 11 is 3.30. The molecule has 1 heterocycles. The molecule has 0 bridgehead atoms. The summed E-state index contributed by atoms with van der Waals surface area (Å²) in [6.45, 7) is 1.81. The predicted octanol–water partition coefficient (Wildman–Crippen LogP) is 3.22. The first-order valence-electron chi connectivity index (χ1n) is 5.57. The zero-order valence-electron chi connectivity index (χ0n) is 10.1. The Kier molecular flexibility index (Phi) is 4.21. The molecule has 0 amide bonds. The van der Waals surface area contributed by atoms with Crippen molar-refractivity contribution in [1.29, 1.82) is 0 Å². The van der Waals surface area contributed by atoms with Crippen LogP contribution in [0.5, 0.6) is 0 Å². The predicted molar refractivity (Wildman–Crippen MR) is 71.1 cm³/mol. The molecule has 0 radical (unpaired) electrons. The Bertz CT molecular complexity index is 619. The van der Waals surface area contributed by atoms with Gasteiger partial charge >= 0.3 is 5.97 Å². The van der Waals surface area contributed by atoms with Crippen LogP contribution in [0, 0.1) is 5.82 Å². The molecule has 0 aliphatic rings. The third-order valence-corrected chi connectivity index (χ3v) is 2.85. The zero-order valence-corrected chi connectivity index (χ0v) is 11.6. The Labute approximate surface area is 117 Å². The fraction of sp³-hybridized carbons (Fsp3) is 0.154. The van der Waals surface area contributed by atoms with E-state index in [1.54, 1.807) is 25.1 Å². The van der Waals surface area contributed by atoms with Crippen molar-refractivity contribution in [3.63, 3.8) is 0 Å². The number of carbonyl (C=O) groups excluding carboxylic acids is 1. The summed E-state index contributed by atoms with van der Waals surface area (Å²) in [6, 6.07) is 6.98. The molecule has 0 N–H and O–H groups in total. The van der Waals surface area contributed by atoms with Crippen molar-refractivity contribution in [2.45, 2.75) is 6.92 Å². The largest absolute Gasteiger partial charge is 0.461 e. The molecule has 0 unspecified atom stereocenters. The lowest BCUT2D eigenvalue weighted by Gasteiger charge is -2.06. The third-order valence-electron chi connectivity index (χ3n) is 2.36. The van der Waals surface area contributed by atoms with Gasteiger partial charge in [0.1, 0.15) is 12.0 Å². The fourth-order valence-electron chi connectivity index (χ4n) is 1.55. The summed E-state index contributed by atoms with van der Waals surface area (Å²) in [7, 11) is 0. The van der Waals surface area contributed by atoms with Crippen LogP contribution in [-0.4, -0.2) is 22.5 Å². The molecule has 4 nitrogen and oxygen atoms in total. The van der Waals surface area contributed by atoms with E-state index in [4.69, 9.17) is 4.74 Å². The van der Waals surface area contributed by atoms with Gasteiger partial charge in [0.05, 0.1) is 6.61 Å². The molecule has 6 heteroatoms. The van der Waals surface area contributed by atoms with Crippen molar-refractivity contribution < 1.29 is 13.9 Å². The Balaban J connectivity index is 2.48. The number of halogens is 2. The van der Waals surface area contributed by atoms with Gasteiger partial charge in [-0.2, -0.15) is 0 Å². The Morgan fingerprint density at radius 2 is 2.21 bits per heavy atom. The van der Waals surface area contributed by atoms with E-state index in [1.807, 2.05) is 6.07 Å². The van der Waals surface area contributed by atoms with Crippen LogP contribution >= 0.6 is 15.9 Å². The van der Waals surface area contributed by atoms with E-state index in [9.17, 15) is 9.18 Å². The summed E-state index contributed by atoms with van der Waals surface area (Å²) in [6.07, 6.45) is 1.14. The maximum absolute atomic E-state index is 14.2. The number of aromatic nitrogens is 2. The van der Waals surface area contributed by atoms with E-state index in [2.05, 4.69) is 25.9 Å². The summed E-state index contributed by atoms with van der Waals surface area (Å²) in [4.78, 5) is 19.1. The maximum atomic E-state index is 14.2. The highest BCUT2D eigenvalue weighted by Crippen LogP contribution is 2.24. The van der Waals surface area contributed by atoms with Gasteiger partial charge in [0.2, 0.25) is 0 Å². The van der Waals surface area contributed by atoms with E-state index in [0.29, 0.717) is 5.56 Å². The lowest BCUT2D eigenvalue weighted by Crippen LogP contribution is -2.11. The zero-order chi connectivity index (χ0) is 13.8. The highest BCUT2D eigenvalue weighted by molar-refractivity contribution is 9.10. The van der Waals surface area contributed by atoms with Gasteiger partial charge in [-0.15, -0.1) is 0 Å². The van der Waals surface area contributed by atoms with Crippen LogP contribution in [0.1, 0.15) is 17.4 Å². The number of esters is 1. The van der Waals surface area contributed by atoms with Gasteiger partial charge in [-0.1, -0.05) is 28.1 Å². The third kappa shape index (κ3) is 2.96. The molecule has 0 saturated heterocycles. The second-order valence-corrected chi connectivity index (χ2v) is 4.53. The average Bonchev–Trinajstić information content (AvgIpc) is 2.39. The molecule has 2 rings (SSSR count). The van der Waals surface area contributed by atoms with E-state index >= 15 is 0 Å². The maximum Gasteiger partial charge on any atom is 0.360 e. The van der Waals surface area contributed by atoms with Crippen LogP contribution in [-0.2, 0) is 4.74 Å². The van der Waals surface area contributed by atoms with E-state index < -0.39 is 11.8 Å². The minimum absolute atomic E-state index is 0.0688. The fourth-order valence-corrected chi connectivity index (χ4v) is 1.95. The second-order valence-electron chi connectivity index (χ2n) is 3.62. The van der Waals surface area contributed by atoms with Crippen LogP contribution in [0.2, 0.25) is 0 Å². The molecule has 1 aromatic carbocycles. The van der Waals surface area contributed by atoms with Gasteiger partial charge in [0, 0.05) is 10.0 Å². The van der Waals surface area contributed by atoms with Gasteiger partial charge < -0.3 is 4.74 Å². The molecule has 1 aromatic heterocycles. The summed E-state index contributed by atoms with van der Waals surface area (Å²) in [5, 5.41) is 0. The molecule has 0 spiro atoms. The first-order valence-corrected chi connectivity index (χ1v) is 6.36. The average molecular weight is 325 g/mol. The lowest BCUT2D eigenvalue weighted by molar-refractivity contribution is 0.0513. The smallest absolute Gasteiger partial charge is 0.360 e. The molecule has 0 aliphatic carbocycles.